The third kappa shape index (κ3) is 3.60. The molecular weight excluding hydrogens is 403 g/mol. The molecule has 0 bridgehead atoms. The highest BCUT2D eigenvalue weighted by atomic mass is 79.9. The summed E-state index contributed by atoms with van der Waals surface area (Å²) < 4.78 is 1.80. The van der Waals surface area contributed by atoms with Gasteiger partial charge < -0.3 is 5.32 Å². The van der Waals surface area contributed by atoms with Gasteiger partial charge in [0.15, 0.2) is 0 Å². The molecule has 0 fully saturated rings. The van der Waals surface area contributed by atoms with Gasteiger partial charge in [-0.3, -0.25) is 4.98 Å². The molecule has 1 aromatic carbocycles. The Morgan fingerprint density at radius 2 is 1.72 bits per heavy atom. The van der Waals surface area contributed by atoms with Crippen LogP contribution >= 0.6 is 55.1 Å². The van der Waals surface area contributed by atoms with Crippen LogP contribution in [0.1, 0.15) is 5.69 Å². The number of benzene rings is 1. The van der Waals surface area contributed by atoms with Crippen molar-refractivity contribution in [3.8, 4) is 0 Å². The fourth-order valence-electron chi connectivity index (χ4n) is 1.40. The molecule has 0 saturated heterocycles. The van der Waals surface area contributed by atoms with Crippen molar-refractivity contribution in [2.24, 2.45) is 0 Å². The number of halogens is 4. The SMILES string of the molecule is Clc1cc(Br)cc(Cl)c1NCc1ccc(Br)cn1. The van der Waals surface area contributed by atoms with Gasteiger partial charge in [0.25, 0.3) is 0 Å². The molecule has 2 rings (SSSR count). The van der Waals surface area contributed by atoms with Crippen molar-refractivity contribution in [3.63, 3.8) is 0 Å². The van der Waals surface area contributed by atoms with Gasteiger partial charge in [-0.05, 0) is 40.2 Å². The number of hydrogen-bond acceptors (Lipinski definition) is 2. The Bertz CT molecular complexity index is 535. The van der Waals surface area contributed by atoms with Crippen molar-refractivity contribution in [1.82, 2.24) is 4.98 Å². The second-order valence-corrected chi connectivity index (χ2v) is 6.21. The van der Waals surface area contributed by atoms with E-state index in [2.05, 4.69) is 42.2 Å². The largest absolute Gasteiger partial charge is 0.377 e. The van der Waals surface area contributed by atoms with Crippen LogP contribution in [0.3, 0.4) is 0 Å². The Kier molecular flexibility index (Phi) is 4.90. The van der Waals surface area contributed by atoms with Gasteiger partial charge in [-0.15, -0.1) is 0 Å². The summed E-state index contributed by atoms with van der Waals surface area (Å²) in [5.74, 6) is 0. The first-order chi connectivity index (χ1) is 8.56. The minimum atomic E-state index is 0.564. The molecule has 0 atom stereocenters. The van der Waals surface area contributed by atoms with Crippen LogP contribution < -0.4 is 5.32 Å². The van der Waals surface area contributed by atoms with E-state index in [9.17, 15) is 0 Å². The minimum absolute atomic E-state index is 0.564. The summed E-state index contributed by atoms with van der Waals surface area (Å²) in [7, 11) is 0. The van der Waals surface area contributed by atoms with Crippen LogP contribution in [0.4, 0.5) is 5.69 Å². The monoisotopic (exact) mass is 408 g/mol. The molecule has 2 aromatic rings. The number of hydrogen-bond donors (Lipinski definition) is 1. The van der Waals surface area contributed by atoms with E-state index < -0.39 is 0 Å². The molecule has 0 aliphatic rings. The van der Waals surface area contributed by atoms with Crippen LogP contribution in [0.15, 0.2) is 39.4 Å². The lowest BCUT2D eigenvalue weighted by Gasteiger charge is -2.10. The first-order valence-corrected chi connectivity index (χ1v) is 7.39. The Morgan fingerprint density at radius 1 is 1.06 bits per heavy atom. The highest BCUT2D eigenvalue weighted by molar-refractivity contribution is 9.10. The Labute approximate surface area is 132 Å². The van der Waals surface area contributed by atoms with Gasteiger partial charge in [-0.2, -0.15) is 0 Å². The maximum absolute atomic E-state index is 6.12. The van der Waals surface area contributed by atoms with E-state index in [1.165, 1.54) is 0 Å². The van der Waals surface area contributed by atoms with Crippen LogP contribution in [0.25, 0.3) is 0 Å². The fraction of sp³-hybridized carbons (Fsp3) is 0.0833. The van der Waals surface area contributed by atoms with Gasteiger partial charge in [-0.1, -0.05) is 39.1 Å². The topological polar surface area (TPSA) is 24.9 Å². The maximum atomic E-state index is 6.12. The van der Waals surface area contributed by atoms with Gasteiger partial charge in [-0.25, -0.2) is 0 Å². The molecular formula is C12H8Br2Cl2N2. The predicted molar refractivity (Wildman–Crippen MR) is 83.4 cm³/mol. The molecule has 0 aliphatic carbocycles. The van der Waals surface area contributed by atoms with Crippen molar-refractivity contribution in [2.75, 3.05) is 5.32 Å². The Morgan fingerprint density at radius 3 is 2.28 bits per heavy atom. The highest BCUT2D eigenvalue weighted by Crippen LogP contribution is 2.33. The summed E-state index contributed by atoms with van der Waals surface area (Å²) in [6.07, 6.45) is 1.75. The number of nitrogens with zero attached hydrogens (tertiary/aromatic N) is 1. The third-order valence-corrected chi connectivity index (χ3v) is 3.76. The van der Waals surface area contributed by atoms with Crippen LogP contribution in [-0.2, 0) is 6.54 Å². The van der Waals surface area contributed by atoms with Crippen LogP contribution in [0.2, 0.25) is 10.0 Å². The van der Waals surface area contributed by atoms with Crippen molar-refractivity contribution < 1.29 is 0 Å². The van der Waals surface area contributed by atoms with E-state index in [0.717, 1.165) is 14.6 Å². The molecule has 6 heteroatoms. The number of aromatic nitrogens is 1. The second kappa shape index (κ2) is 6.24. The Balaban J connectivity index is 2.13. The molecule has 1 aromatic heterocycles. The normalized spacial score (nSPS) is 10.4. The third-order valence-electron chi connectivity index (χ3n) is 2.24. The van der Waals surface area contributed by atoms with E-state index in [1.807, 2.05) is 12.1 Å². The van der Waals surface area contributed by atoms with Crippen LogP contribution in [0.5, 0.6) is 0 Å². The van der Waals surface area contributed by atoms with E-state index in [0.29, 0.717) is 22.3 Å². The highest BCUT2D eigenvalue weighted by Gasteiger charge is 2.07. The minimum Gasteiger partial charge on any atom is -0.377 e. The van der Waals surface area contributed by atoms with E-state index in [-0.39, 0.29) is 0 Å². The maximum Gasteiger partial charge on any atom is 0.0722 e. The summed E-state index contributed by atoms with van der Waals surface area (Å²) in [6.45, 7) is 0.564. The smallest absolute Gasteiger partial charge is 0.0722 e. The van der Waals surface area contributed by atoms with E-state index in [4.69, 9.17) is 23.2 Å². The summed E-state index contributed by atoms with van der Waals surface area (Å²) in [6, 6.07) is 7.46. The summed E-state index contributed by atoms with van der Waals surface area (Å²) >= 11 is 18.9. The molecule has 0 radical (unpaired) electrons. The lowest BCUT2D eigenvalue weighted by atomic mass is 10.3. The lowest BCUT2D eigenvalue weighted by Crippen LogP contribution is -2.02. The Hall–Kier alpha value is -0.290. The molecule has 2 nitrogen and oxygen atoms in total. The summed E-state index contributed by atoms with van der Waals surface area (Å²) in [4.78, 5) is 4.27. The molecule has 0 spiro atoms. The molecule has 1 N–H and O–H groups in total. The van der Waals surface area contributed by atoms with Crippen molar-refractivity contribution in [3.05, 3.63) is 55.1 Å². The van der Waals surface area contributed by atoms with Gasteiger partial charge in [0.05, 0.1) is 28.0 Å². The van der Waals surface area contributed by atoms with Gasteiger partial charge in [0, 0.05) is 15.1 Å². The summed E-state index contributed by atoms with van der Waals surface area (Å²) in [5, 5.41) is 4.33. The zero-order valence-corrected chi connectivity index (χ0v) is 13.7. The number of rotatable bonds is 3. The first kappa shape index (κ1) is 14.1. The molecule has 0 aliphatic heterocycles. The number of anilines is 1. The molecule has 18 heavy (non-hydrogen) atoms. The molecule has 0 saturated carbocycles. The zero-order chi connectivity index (χ0) is 13.1. The number of pyridine rings is 1. The molecule has 1 heterocycles. The van der Waals surface area contributed by atoms with Crippen LogP contribution in [0, 0.1) is 0 Å². The lowest BCUT2D eigenvalue weighted by molar-refractivity contribution is 1.04. The van der Waals surface area contributed by atoms with Crippen molar-refractivity contribution in [1.29, 1.82) is 0 Å². The molecule has 0 unspecified atom stereocenters. The fourth-order valence-corrected chi connectivity index (χ4v) is 2.98. The van der Waals surface area contributed by atoms with Crippen molar-refractivity contribution >= 4 is 60.7 Å². The average Bonchev–Trinajstić information content (AvgIpc) is 2.30. The van der Waals surface area contributed by atoms with Gasteiger partial charge >= 0.3 is 0 Å². The number of nitrogens with one attached hydrogen (secondary N) is 1. The first-order valence-electron chi connectivity index (χ1n) is 5.05. The quantitative estimate of drug-likeness (QED) is 0.720. The van der Waals surface area contributed by atoms with Gasteiger partial charge in [0.1, 0.15) is 0 Å². The molecule has 0 amide bonds. The van der Waals surface area contributed by atoms with E-state index >= 15 is 0 Å². The summed E-state index contributed by atoms with van der Waals surface area (Å²) in [5.41, 5.74) is 1.62. The zero-order valence-electron chi connectivity index (χ0n) is 9.05. The molecule has 94 valence electrons. The van der Waals surface area contributed by atoms with E-state index in [1.54, 1.807) is 18.3 Å². The predicted octanol–water partition coefficient (Wildman–Crippen LogP) is 5.53. The average molecular weight is 411 g/mol. The van der Waals surface area contributed by atoms with Gasteiger partial charge in [0.2, 0.25) is 0 Å². The second-order valence-electron chi connectivity index (χ2n) is 3.57. The van der Waals surface area contributed by atoms with Crippen molar-refractivity contribution in [2.45, 2.75) is 6.54 Å². The van der Waals surface area contributed by atoms with Crippen LogP contribution in [-0.4, -0.2) is 4.98 Å². The standard InChI is InChI=1S/C12H8Br2Cl2N2/c13-7-1-2-9(17-5-7)6-18-12-10(15)3-8(14)4-11(12)16/h1-5,18H,6H2.